The molecule has 1 aromatic carbocycles. The Kier molecular flexibility index (Phi) is 3.89. The molecule has 0 aliphatic rings. The zero-order chi connectivity index (χ0) is 11.5. The lowest BCUT2D eigenvalue weighted by atomic mass is 9.99. The van der Waals surface area contributed by atoms with Crippen LogP contribution in [0.5, 0.6) is 0 Å². The second kappa shape index (κ2) is 4.77. The summed E-state index contributed by atoms with van der Waals surface area (Å²) in [5.74, 6) is 0. The molecule has 0 aliphatic heterocycles. The molecule has 0 aliphatic carbocycles. The molecule has 0 radical (unpaired) electrons. The van der Waals surface area contributed by atoms with Crippen LogP contribution in [0.3, 0.4) is 0 Å². The van der Waals surface area contributed by atoms with E-state index in [1.54, 1.807) is 0 Å². The minimum atomic E-state index is -0.663. The van der Waals surface area contributed by atoms with E-state index in [4.69, 9.17) is 0 Å². The molecule has 1 unspecified atom stereocenters. The van der Waals surface area contributed by atoms with E-state index in [1.807, 2.05) is 46.0 Å². The van der Waals surface area contributed by atoms with Gasteiger partial charge in [0.05, 0.1) is 5.60 Å². The highest BCUT2D eigenvalue weighted by Gasteiger charge is 2.25. The molecule has 15 heavy (non-hydrogen) atoms. The van der Waals surface area contributed by atoms with Crippen molar-refractivity contribution in [3.05, 3.63) is 35.9 Å². The Bertz CT molecular complexity index is 289. The monoisotopic (exact) mass is 207 g/mol. The fourth-order valence-electron chi connectivity index (χ4n) is 1.55. The van der Waals surface area contributed by atoms with E-state index >= 15 is 0 Å². The largest absolute Gasteiger partial charge is 0.389 e. The van der Waals surface area contributed by atoms with Crippen LogP contribution >= 0.6 is 0 Å². The molecule has 84 valence electrons. The van der Waals surface area contributed by atoms with Gasteiger partial charge in [0.25, 0.3) is 0 Å². The minimum absolute atomic E-state index is 0.137. The summed E-state index contributed by atoms with van der Waals surface area (Å²) in [5, 5.41) is 9.89. The van der Waals surface area contributed by atoms with Crippen molar-refractivity contribution >= 4 is 0 Å². The number of likely N-dealkylation sites (N-methyl/N-ethyl adjacent to an activating group) is 1. The molecule has 2 nitrogen and oxygen atoms in total. The summed E-state index contributed by atoms with van der Waals surface area (Å²) in [6.07, 6.45) is 0. The van der Waals surface area contributed by atoms with Gasteiger partial charge in [-0.3, -0.25) is 4.90 Å². The van der Waals surface area contributed by atoms with Crippen molar-refractivity contribution in [3.63, 3.8) is 0 Å². The van der Waals surface area contributed by atoms with Crippen molar-refractivity contribution in [2.75, 3.05) is 7.05 Å². The van der Waals surface area contributed by atoms with Crippen molar-refractivity contribution in [1.82, 2.24) is 4.90 Å². The topological polar surface area (TPSA) is 23.5 Å². The summed E-state index contributed by atoms with van der Waals surface area (Å²) in [6, 6.07) is 10.4. The molecule has 1 N–H and O–H groups in total. The standard InChI is InChI=1S/C13H21NO/c1-11(13(2,3)15)14(4)10-12-8-6-5-7-9-12/h5-9,11,15H,10H2,1-4H3. The second-order valence-electron chi connectivity index (χ2n) is 4.73. The molecule has 0 aromatic heterocycles. The molecule has 1 rings (SSSR count). The fraction of sp³-hybridized carbons (Fsp3) is 0.538. The molecule has 0 bridgehead atoms. The summed E-state index contributed by atoms with van der Waals surface area (Å²) < 4.78 is 0. The van der Waals surface area contributed by atoms with E-state index in [2.05, 4.69) is 17.0 Å². The summed E-state index contributed by atoms with van der Waals surface area (Å²) in [5.41, 5.74) is 0.611. The lowest BCUT2D eigenvalue weighted by molar-refractivity contribution is -0.00486. The lowest BCUT2D eigenvalue weighted by Crippen LogP contribution is -2.45. The zero-order valence-electron chi connectivity index (χ0n) is 10.1. The van der Waals surface area contributed by atoms with E-state index in [1.165, 1.54) is 5.56 Å². The third kappa shape index (κ3) is 3.65. The Hall–Kier alpha value is -0.860. The molecule has 2 heteroatoms. The van der Waals surface area contributed by atoms with Gasteiger partial charge in [-0.15, -0.1) is 0 Å². The van der Waals surface area contributed by atoms with E-state index < -0.39 is 5.60 Å². The third-order valence-corrected chi connectivity index (χ3v) is 2.96. The zero-order valence-corrected chi connectivity index (χ0v) is 10.1. The predicted octanol–water partition coefficient (Wildman–Crippen LogP) is 2.28. The van der Waals surface area contributed by atoms with Crippen molar-refractivity contribution in [2.24, 2.45) is 0 Å². The van der Waals surface area contributed by atoms with Gasteiger partial charge in [0.2, 0.25) is 0 Å². The Morgan fingerprint density at radius 3 is 2.27 bits per heavy atom. The summed E-state index contributed by atoms with van der Waals surface area (Å²) in [7, 11) is 2.04. The number of nitrogens with zero attached hydrogens (tertiary/aromatic N) is 1. The number of hydrogen-bond donors (Lipinski definition) is 1. The predicted molar refractivity (Wildman–Crippen MR) is 63.7 cm³/mol. The second-order valence-corrected chi connectivity index (χ2v) is 4.73. The highest BCUT2D eigenvalue weighted by Crippen LogP contribution is 2.15. The van der Waals surface area contributed by atoms with Crippen molar-refractivity contribution in [1.29, 1.82) is 0 Å². The first-order valence-corrected chi connectivity index (χ1v) is 5.38. The molecule has 0 saturated carbocycles. The number of aliphatic hydroxyl groups is 1. The van der Waals surface area contributed by atoms with E-state index in [0.717, 1.165) is 6.54 Å². The van der Waals surface area contributed by atoms with Crippen LogP contribution in [0, 0.1) is 0 Å². The third-order valence-electron chi connectivity index (χ3n) is 2.96. The number of hydrogen-bond acceptors (Lipinski definition) is 2. The van der Waals surface area contributed by atoms with Gasteiger partial charge in [-0.05, 0) is 33.4 Å². The molecular formula is C13H21NO. The number of rotatable bonds is 4. The molecule has 1 atom stereocenters. The van der Waals surface area contributed by atoms with E-state index in [9.17, 15) is 5.11 Å². The SMILES string of the molecule is CC(N(C)Cc1ccccc1)C(C)(C)O. The van der Waals surface area contributed by atoms with Crippen LogP contribution < -0.4 is 0 Å². The molecule has 0 fully saturated rings. The van der Waals surface area contributed by atoms with Crippen LogP contribution in [0.2, 0.25) is 0 Å². The van der Waals surface area contributed by atoms with Gasteiger partial charge >= 0.3 is 0 Å². The maximum Gasteiger partial charge on any atom is 0.0743 e. The maximum atomic E-state index is 9.89. The summed E-state index contributed by atoms with van der Waals surface area (Å²) >= 11 is 0. The van der Waals surface area contributed by atoms with Crippen LogP contribution in [0.1, 0.15) is 26.3 Å². The summed E-state index contributed by atoms with van der Waals surface area (Å²) in [6.45, 7) is 6.60. The van der Waals surface area contributed by atoms with Crippen LogP contribution in [0.15, 0.2) is 30.3 Å². The Labute approximate surface area is 92.5 Å². The van der Waals surface area contributed by atoms with Gasteiger partial charge in [-0.1, -0.05) is 30.3 Å². The highest BCUT2D eigenvalue weighted by molar-refractivity contribution is 5.14. The Morgan fingerprint density at radius 1 is 1.27 bits per heavy atom. The summed E-state index contributed by atoms with van der Waals surface area (Å²) in [4.78, 5) is 2.16. The Balaban J connectivity index is 2.60. The number of benzene rings is 1. The van der Waals surface area contributed by atoms with Gasteiger partial charge < -0.3 is 5.11 Å². The maximum absolute atomic E-state index is 9.89. The van der Waals surface area contributed by atoms with E-state index in [0.29, 0.717) is 0 Å². The first-order chi connectivity index (χ1) is 6.91. The minimum Gasteiger partial charge on any atom is -0.389 e. The smallest absolute Gasteiger partial charge is 0.0743 e. The van der Waals surface area contributed by atoms with Crippen molar-refractivity contribution in [2.45, 2.75) is 39.0 Å². The van der Waals surface area contributed by atoms with E-state index in [-0.39, 0.29) is 6.04 Å². The first kappa shape index (κ1) is 12.2. The van der Waals surface area contributed by atoms with Crippen molar-refractivity contribution in [3.8, 4) is 0 Å². The van der Waals surface area contributed by atoms with Crippen LogP contribution in [-0.2, 0) is 6.54 Å². The molecule has 0 amide bonds. The molecular weight excluding hydrogens is 186 g/mol. The van der Waals surface area contributed by atoms with Crippen LogP contribution in [-0.4, -0.2) is 28.7 Å². The lowest BCUT2D eigenvalue weighted by Gasteiger charge is -2.34. The molecule has 1 aromatic rings. The van der Waals surface area contributed by atoms with Crippen LogP contribution in [0.4, 0.5) is 0 Å². The average Bonchev–Trinajstić information content (AvgIpc) is 2.16. The Morgan fingerprint density at radius 2 is 1.80 bits per heavy atom. The molecule has 0 heterocycles. The fourth-order valence-corrected chi connectivity index (χ4v) is 1.55. The van der Waals surface area contributed by atoms with Gasteiger partial charge in [-0.2, -0.15) is 0 Å². The van der Waals surface area contributed by atoms with Gasteiger partial charge in [0.1, 0.15) is 0 Å². The molecule has 0 spiro atoms. The van der Waals surface area contributed by atoms with Gasteiger partial charge in [0.15, 0.2) is 0 Å². The normalized spacial score (nSPS) is 14.3. The average molecular weight is 207 g/mol. The first-order valence-electron chi connectivity index (χ1n) is 5.38. The van der Waals surface area contributed by atoms with Gasteiger partial charge in [-0.25, -0.2) is 0 Å². The van der Waals surface area contributed by atoms with Crippen LogP contribution in [0.25, 0.3) is 0 Å². The molecule has 0 saturated heterocycles. The van der Waals surface area contributed by atoms with Crippen molar-refractivity contribution < 1.29 is 5.11 Å². The quantitative estimate of drug-likeness (QED) is 0.818. The highest BCUT2D eigenvalue weighted by atomic mass is 16.3. The van der Waals surface area contributed by atoms with Gasteiger partial charge in [0, 0.05) is 12.6 Å².